The maximum atomic E-state index is 6.01. The maximum absolute atomic E-state index is 6.01. The van der Waals surface area contributed by atoms with Crippen LogP contribution in [0.4, 0.5) is 5.82 Å². The monoisotopic (exact) mass is 279 g/mol. The summed E-state index contributed by atoms with van der Waals surface area (Å²) < 4.78 is 0. The average Bonchev–Trinajstić information content (AvgIpc) is 2.50. The number of nitrogens with two attached hydrogens (primary N) is 2. The normalized spacial score (nSPS) is 12.5. The number of hydrazine groups is 1. The van der Waals surface area contributed by atoms with Crippen LogP contribution in [-0.4, -0.2) is 9.97 Å². The van der Waals surface area contributed by atoms with Gasteiger partial charge in [-0.25, -0.2) is 10.4 Å². The van der Waals surface area contributed by atoms with Crippen molar-refractivity contribution in [1.29, 1.82) is 0 Å². The van der Waals surface area contributed by atoms with Crippen molar-refractivity contribution in [3.8, 4) is 0 Å². The minimum absolute atomic E-state index is 0.289. The number of pyridine rings is 2. The van der Waals surface area contributed by atoms with Gasteiger partial charge in [0, 0.05) is 17.1 Å². The van der Waals surface area contributed by atoms with E-state index in [1.54, 1.807) is 6.20 Å². The quantitative estimate of drug-likeness (QED) is 0.504. The van der Waals surface area contributed by atoms with Crippen molar-refractivity contribution in [2.24, 2.45) is 5.84 Å². The van der Waals surface area contributed by atoms with Gasteiger partial charge in [-0.05, 0) is 30.7 Å². The van der Waals surface area contributed by atoms with Crippen LogP contribution in [-0.2, 0) is 0 Å². The number of nitrogen functional groups attached to an aromatic ring is 1. The zero-order chi connectivity index (χ0) is 14.8. The number of fused-ring (bicyclic) bond motifs is 1. The van der Waals surface area contributed by atoms with E-state index < -0.39 is 0 Å². The summed E-state index contributed by atoms with van der Waals surface area (Å²) in [7, 11) is 0. The Hall–Kier alpha value is -2.50. The van der Waals surface area contributed by atoms with E-state index in [0.29, 0.717) is 5.82 Å². The number of rotatable bonds is 3. The molecule has 2 aromatic heterocycles. The molecule has 1 unspecified atom stereocenters. The molecule has 5 N–H and O–H groups in total. The first-order chi connectivity index (χ1) is 10.2. The van der Waals surface area contributed by atoms with E-state index in [4.69, 9.17) is 11.6 Å². The molecule has 106 valence electrons. The molecule has 1 aromatic carbocycles. The molecule has 0 aliphatic heterocycles. The van der Waals surface area contributed by atoms with E-state index in [-0.39, 0.29) is 6.04 Å². The molecule has 2 heterocycles. The largest absolute Gasteiger partial charge is 0.383 e. The first-order valence-corrected chi connectivity index (χ1v) is 6.73. The Morgan fingerprint density at radius 2 is 1.90 bits per heavy atom. The number of nitrogens with one attached hydrogen (secondary N) is 1. The second-order valence-corrected chi connectivity index (χ2v) is 4.96. The maximum Gasteiger partial charge on any atom is 0.128 e. The van der Waals surface area contributed by atoms with Crippen molar-refractivity contribution in [2.45, 2.75) is 13.0 Å². The summed E-state index contributed by atoms with van der Waals surface area (Å²) in [5, 5.41) is 1.09. The summed E-state index contributed by atoms with van der Waals surface area (Å²) >= 11 is 0. The van der Waals surface area contributed by atoms with Gasteiger partial charge in [-0.3, -0.25) is 10.8 Å². The molecule has 5 nitrogen and oxygen atoms in total. The highest BCUT2D eigenvalue weighted by Crippen LogP contribution is 2.27. The van der Waals surface area contributed by atoms with E-state index in [9.17, 15) is 0 Å². The van der Waals surface area contributed by atoms with Gasteiger partial charge in [0.1, 0.15) is 5.82 Å². The number of nitrogens with zero attached hydrogens (tertiary/aromatic N) is 2. The fourth-order valence-electron chi connectivity index (χ4n) is 2.53. The van der Waals surface area contributed by atoms with Crippen molar-refractivity contribution in [3.63, 3.8) is 0 Å². The van der Waals surface area contributed by atoms with Crippen molar-refractivity contribution >= 4 is 16.7 Å². The zero-order valence-electron chi connectivity index (χ0n) is 11.7. The van der Waals surface area contributed by atoms with Crippen LogP contribution in [0.5, 0.6) is 0 Å². The summed E-state index contributed by atoms with van der Waals surface area (Å²) in [5.41, 5.74) is 12.4. The molecular formula is C16H17N5. The first kappa shape index (κ1) is 13.5. The molecule has 0 amide bonds. The Labute approximate surface area is 123 Å². The summed E-state index contributed by atoms with van der Waals surface area (Å²) in [5.74, 6) is 6.21. The van der Waals surface area contributed by atoms with Gasteiger partial charge in [0.25, 0.3) is 0 Å². The van der Waals surface area contributed by atoms with Crippen LogP contribution in [0.3, 0.4) is 0 Å². The topological polar surface area (TPSA) is 89.8 Å². The number of para-hydroxylation sites is 1. The summed E-state index contributed by atoms with van der Waals surface area (Å²) in [6.45, 7) is 1.98. The van der Waals surface area contributed by atoms with E-state index in [0.717, 1.165) is 27.7 Å². The van der Waals surface area contributed by atoms with Crippen LogP contribution < -0.4 is 17.0 Å². The fourth-order valence-corrected chi connectivity index (χ4v) is 2.53. The van der Waals surface area contributed by atoms with Crippen LogP contribution in [0.25, 0.3) is 10.9 Å². The third kappa shape index (κ3) is 2.44. The van der Waals surface area contributed by atoms with Crippen molar-refractivity contribution in [3.05, 3.63) is 65.5 Å². The Balaban J connectivity index is 2.14. The van der Waals surface area contributed by atoms with Gasteiger partial charge in [-0.15, -0.1) is 0 Å². The smallest absolute Gasteiger partial charge is 0.128 e. The average molecular weight is 279 g/mol. The SMILES string of the molecule is Cc1ccnc(N)c1C(NN)c1ccc2ccccc2n1. The van der Waals surface area contributed by atoms with Gasteiger partial charge < -0.3 is 5.73 Å². The van der Waals surface area contributed by atoms with Gasteiger partial charge in [0.15, 0.2) is 0 Å². The second-order valence-electron chi connectivity index (χ2n) is 4.96. The summed E-state index contributed by atoms with van der Waals surface area (Å²) in [6.07, 6.45) is 1.69. The van der Waals surface area contributed by atoms with Crippen molar-refractivity contribution in [1.82, 2.24) is 15.4 Å². The lowest BCUT2D eigenvalue weighted by atomic mass is 9.99. The molecule has 1 atom stereocenters. The van der Waals surface area contributed by atoms with Crippen LogP contribution in [0.15, 0.2) is 48.7 Å². The molecule has 0 spiro atoms. The lowest BCUT2D eigenvalue weighted by molar-refractivity contribution is 0.619. The molecular weight excluding hydrogens is 262 g/mol. The Bertz CT molecular complexity index is 764. The molecule has 21 heavy (non-hydrogen) atoms. The van der Waals surface area contributed by atoms with Crippen LogP contribution >= 0.6 is 0 Å². The van der Waals surface area contributed by atoms with E-state index in [1.165, 1.54) is 0 Å². The summed E-state index contributed by atoms with van der Waals surface area (Å²) in [6, 6.07) is 13.6. The van der Waals surface area contributed by atoms with Gasteiger partial charge in [0.2, 0.25) is 0 Å². The predicted octanol–water partition coefficient (Wildman–Crippen LogP) is 2.07. The Morgan fingerprint density at radius 1 is 1.10 bits per heavy atom. The highest BCUT2D eigenvalue weighted by molar-refractivity contribution is 5.78. The predicted molar refractivity (Wildman–Crippen MR) is 84.3 cm³/mol. The van der Waals surface area contributed by atoms with Gasteiger partial charge in [-0.1, -0.05) is 24.3 Å². The van der Waals surface area contributed by atoms with Gasteiger partial charge in [-0.2, -0.15) is 0 Å². The fraction of sp³-hybridized carbons (Fsp3) is 0.125. The van der Waals surface area contributed by atoms with E-state index in [2.05, 4.69) is 15.4 Å². The third-order valence-corrected chi connectivity index (χ3v) is 3.61. The summed E-state index contributed by atoms with van der Waals surface area (Å²) in [4.78, 5) is 8.83. The third-order valence-electron chi connectivity index (χ3n) is 3.61. The molecule has 5 heteroatoms. The van der Waals surface area contributed by atoms with Crippen LogP contribution in [0.1, 0.15) is 22.9 Å². The lowest BCUT2D eigenvalue weighted by Crippen LogP contribution is -2.31. The van der Waals surface area contributed by atoms with E-state index in [1.807, 2.05) is 49.4 Å². The standard InChI is InChI=1S/C16H17N5/c1-10-8-9-19-16(17)14(10)15(21-18)13-7-6-11-4-2-3-5-12(11)20-13/h2-9,15,21H,18H2,1H3,(H2,17,19). The molecule has 3 aromatic rings. The lowest BCUT2D eigenvalue weighted by Gasteiger charge is -2.19. The molecule has 0 saturated carbocycles. The highest BCUT2D eigenvalue weighted by Gasteiger charge is 2.19. The molecule has 0 saturated heterocycles. The minimum Gasteiger partial charge on any atom is -0.383 e. The first-order valence-electron chi connectivity index (χ1n) is 6.73. The number of benzene rings is 1. The van der Waals surface area contributed by atoms with Gasteiger partial charge in [0.05, 0.1) is 17.3 Å². The number of hydrogen-bond donors (Lipinski definition) is 3. The number of anilines is 1. The molecule has 0 radical (unpaired) electrons. The highest BCUT2D eigenvalue weighted by atomic mass is 15.2. The molecule has 0 aliphatic carbocycles. The number of aromatic nitrogens is 2. The molecule has 0 aliphatic rings. The molecule has 0 fully saturated rings. The van der Waals surface area contributed by atoms with Crippen molar-refractivity contribution in [2.75, 3.05) is 5.73 Å². The van der Waals surface area contributed by atoms with Gasteiger partial charge >= 0.3 is 0 Å². The Kier molecular flexibility index (Phi) is 3.51. The zero-order valence-corrected chi connectivity index (χ0v) is 11.7. The van der Waals surface area contributed by atoms with Crippen LogP contribution in [0, 0.1) is 6.92 Å². The minimum atomic E-state index is -0.289. The van der Waals surface area contributed by atoms with Crippen molar-refractivity contribution < 1.29 is 0 Å². The number of aryl methyl sites for hydroxylation is 1. The van der Waals surface area contributed by atoms with Crippen LogP contribution in [0.2, 0.25) is 0 Å². The second kappa shape index (κ2) is 5.47. The van der Waals surface area contributed by atoms with E-state index >= 15 is 0 Å². The number of hydrogen-bond acceptors (Lipinski definition) is 5. The molecule has 3 rings (SSSR count). The molecule has 0 bridgehead atoms. The Morgan fingerprint density at radius 3 is 2.67 bits per heavy atom.